The molecular weight excluding hydrogens is 355 g/mol. The third-order valence-electron chi connectivity index (χ3n) is 2.76. The fourth-order valence-electron chi connectivity index (χ4n) is 1.79. The van der Waals surface area contributed by atoms with Crippen LogP contribution >= 0.6 is 15.9 Å². The molecule has 0 spiro atoms. The number of benzene rings is 2. The lowest BCUT2D eigenvalue weighted by molar-refractivity contribution is 0.0722. The highest BCUT2D eigenvalue weighted by molar-refractivity contribution is 9.10. The molecule has 2 aromatic rings. The largest absolute Gasteiger partial charge is 0.490 e. The van der Waals surface area contributed by atoms with Crippen molar-refractivity contribution in [2.24, 2.45) is 0 Å². The normalized spacial score (nSPS) is 10.1. The maximum absolute atomic E-state index is 13.6. The molecule has 0 saturated heterocycles. The zero-order valence-electron chi connectivity index (χ0n) is 11.6. The van der Waals surface area contributed by atoms with Gasteiger partial charge in [-0.2, -0.15) is 0 Å². The molecule has 0 fully saturated rings. The highest BCUT2D eigenvalue weighted by Crippen LogP contribution is 2.37. The molecule has 4 nitrogen and oxygen atoms in total. The zero-order chi connectivity index (χ0) is 16.1. The van der Waals surface area contributed by atoms with Crippen molar-refractivity contribution >= 4 is 28.2 Å². The summed E-state index contributed by atoms with van der Waals surface area (Å²) in [6.45, 7) is 2.07. The van der Waals surface area contributed by atoms with Crippen LogP contribution in [-0.2, 0) is 0 Å². The minimum Gasteiger partial charge on any atom is -0.490 e. The van der Waals surface area contributed by atoms with Gasteiger partial charge in [-0.1, -0.05) is 12.1 Å². The van der Waals surface area contributed by atoms with Gasteiger partial charge in [0.25, 0.3) is 0 Å². The van der Waals surface area contributed by atoms with E-state index in [1.165, 1.54) is 36.4 Å². The van der Waals surface area contributed by atoms with Crippen LogP contribution in [0.15, 0.2) is 40.9 Å². The monoisotopic (exact) mass is 366 g/mol. The quantitative estimate of drug-likeness (QED) is 0.455. The molecule has 6 heteroatoms. The van der Waals surface area contributed by atoms with E-state index in [4.69, 9.17) is 9.47 Å². The van der Waals surface area contributed by atoms with Gasteiger partial charge in [0.15, 0.2) is 11.5 Å². The second kappa shape index (κ2) is 7.17. The Bertz CT molecular complexity index is 715. The summed E-state index contributed by atoms with van der Waals surface area (Å²) in [4.78, 5) is 23.0. The van der Waals surface area contributed by atoms with Crippen molar-refractivity contribution in [2.45, 2.75) is 6.92 Å². The van der Waals surface area contributed by atoms with E-state index in [2.05, 4.69) is 15.9 Å². The summed E-state index contributed by atoms with van der Waals surface area (Å²) < 4.78 is 24.6. The SMILES string of the molecule is CCOc1cc(C=O)cc(Br)c1OC(=O)c1ccccc1F. The van der Waals surface area contributed by atoms with Gasteiger partial charge in [0.2, 0.25) is 0 Å². The van der Waals surface area contributed by atoms with E-state index in [0.29, 0.717) is 22.9 Å². The Morgan fingerprint density at radius 3 is 2.68 bits per heavy atom. The van der Waals surface area contributed by atoms with Gasteiger partial charge in [-0.15, -0.1) is 0 Å². The Morgan fingerprint density at radius 2 is 2.05 bits per heavy atom. The number of ether oxygens (including phenoxy) is 2. The van der Waals surface area contributed by atoms with Crippen LogP contribution in [0.25, 0.3) is 0 Å². The summed E-state index contributed by atoms with van der Waals surface area (Å²) in [5, 5.41) is 0. The van der Waals surface area contributed by atoms with Gasteiger partial charge < -0.3 is 9.47 Å². The van der Waals surface area contributed by atoms with Gasteiger partial charge in [0.05, 0.1) is 16.6 Å². The molecule has 0 bridgehead atoms. The molecular formula is C16H12BrFO4. The van der Waals surface area contributed by atoms with Crippen LogP contribution in [-0.4, -0.2) is 18.9 Å². The maximum atomic E-state index is 13.6. The summed E-state index contributed by atoms with van der Waals surface area (Å²) in [6, 6.07) is 8.45. The minimum atomic E-state index is -0.849. The molecule has 0 saturated carbocycles. The predicted octanol–water partition coefficient (Wildman–Crippen LogP) is 4.02. The van der Waals surface area contributed by atoms with Crippen LogP contribution in [0.4, 0.5) is 4.39 Å². The number of hydrogen-bond donors (Lipinski definition) is 0. The van der Waals surface area contributed by atoms with Gasteiger partial charge in [0, 0.05) is 5.56 Å². The molecule has 0 amide bonds. The van der Waals surface area contributed by atoms with Crippen molar-refractivity contribution in [3.05, 3.63) is 57.8 Å². The van der Waals surface area contributed by atoms with Crippen molar-refractivity contribution in [1.29, 1.82) is 0 Å². The molecule has 0 heterocycles. The van der Waals surface area contributed by atoms with Gasteiger partial charge >= 0.3 is 5.97 Å². The van der Waals surface area contributed by atoms with Crippen molar-refractivity contribution < 1.29 is 23.5 Å². The second-order valence-corrected chi connectivity index (χ2v) is 5.10. The van der Waals surface area contributed by atoms with Crippen LogP contribution in [0.3, 0.4) is 0 Å². The molecule has 22 heavy (non-hydrogen) atoms. The summed E-state index contributed by atoms with van der Waals surface area (Å²) in [7, 11) is 0. The van der Waals surface area contributed by atoms with E-state index < -0.39 is 11.8 Å². The number of carbonyl (C=O) groups is 2. The van der Waals surface area contributed by atoms with Crippen LogP contribution in [0.2, 0.25) is 0 Å². The fraction of sp³-hybridized carbons (Fsp3) is 0.125. The summed E-state index contributed by atoms with van der Waals surface area (Å²) in [5.41, 5.74) is 0.178. The Balaban J connectivity index is 2.38. The summed E-state index contributed by atoms with van der Waals surface area (Å²) >= 11 is 3.22. The Hall–Kier alpha value is -2.21. The number of halogens is 2. The number of rotatable bonds is 5. The van der Waals surface area contributed by atoms with E-state index in [-0.39, 0.29) is 17.1 Å². The van der Waals surface area contributed by atoms with Crippen LogP contribution in [0.1, 0.15) is 27.6 Å². The molecule has 0 aliphatic heterocycles. The zero-order valence-corrected chi connectivity index (χ0v) is 13.2. The van der Waals surface area contributed by atoms with E-state index in [0.717, 1.165) is 0 Å². The molecule has 0 radical (unpaired) electrons. The third kappa shape index (κ3) is 3.51. The Labute approximate surface area is 135 Å². The van der Waals surface area contributed by atoms with Crippen molar-refractivity contribution in [1.82, 2.24) is 0 Å². The first kappa shape index (κ1) is 16.2. The second-order valence-electron chi connectivity index (χ2n) is 4.25. The highest BCUT2D eigenvalue weighted by Gasteiger charge is 2.19. The van der Waals surface area contributed by atoms with Gasteiger partial charge in [0.1, 0.15) is 12.1 Å². The van der Waals surface area contributed by atoms with Gasteiger partial charge in [-0.05, 0) is 47.1 Å². The standard InChI is InChI=1S/C16H12BrFO4/c1-2-21-14-8-10(9-19)7-12(17)15(14)22-16(20)11-5-3-4-6-13(11)18/h3-9H,2H2,1H3. The van der Waals surface area contributed by atoms with Crippen LogP contribution in [0.5, 0.6) is 11.5 Å². The number of carbonyl (C=O) groups excluding carboxylic acids is 2. The van der Waals surface area contributed by atoms with Crippen LogP contribution < -0.4 is 9.47 Å². The van der Waals surface area contributed by atoms with Crippen LogP contribution in [0, 0.1) is 5.82 Å². The third-order valence-corrected chi connectivity index (χ3v) is 3.35. The average molecular weight is 367 g/mol. The topological polar surface area (TPSA) is 52.6 Å². The van der Waals surface area contributed by atoms with E-state index in [1.807, 2.05) is 0 Å². The average Bonchev–Trinajstić information content (AvgIpc) is 2.50. The number of aldehydes is 1. The Kier molecular flexibility index (Phi) is 5.27. The maximum Gasteiger partial charge on any atom is 0.346 e. The predicted molar refractivity (Wildman–Crippen MR) is 82.1 cm³/mol. The molecule has 0 aliphatic carbocycles. The number of hydrogen-bond acceptors (Lipinski definition) is 4. The lowest BCUT2D eigenvalue weighted by Gasteiger charge is -2.13. The summed E-state index contributed by atoms with van der Waals surface area (Å²) in [5.74, 6) is -1.20. The molecule has 0 unspecified atom stereocenters. The van der Waals surface area contributed by atoms with E-state index in [9.17, 15) is 14.0 Å². The molecule has 0 N–H and O–H groups in total. The molecule has 0 aliphatic rings. The van der Waals surface area contributed by atoms with Crippen molar-refractivity contribution in [3.8, 4) is 11.5 Å². The van der Waals surface area contributed by atoms with Gasteiger partial charge in [-0.25, -0.2) is 9.18 Å². The minimum absolute atomic E-state index is 0.0979. The molecule has 2 aromatic carbocycles. The first-order valence-corrected chi connectivity index (χ1v) is 7.24. The van der Waals surface area contributed by atoms with Gasteiger partial charge in [-0.3, -0.25) is 4.79 Å². The first-order valence-electron chi connectivity index (χ1n) is 6.45. The lowest BCUT2D eigenvalue weighted by Crippen LogP contribution is -2.12. The molecule has 0 atom stereocenters. The van der Waals surface area contributed by atoms with E-state index in [1.54, 1.807) is 6.92 Å². The first-order chi connectivity index (χ1) is 10.6. The van der Waals surface area contributed by atoms with E-state index >= 15 is 0 Å². The number of esters is 1. The fourth-order valence-corrected chi connectivity index (χ4v) is 2.33. The highest BCUT2D eigenvalue weighted by atomic mass is 79.9. The van der Waals surface area contributed by atoms with Crippen molar-refractivity contribution in [3.63, 3.8) is 0 Å². The summed E-state index contributed by atoms with van der Waals surface area (Å²) in [6.07, 6.45) is 0.649. The van der Waals surface area contributed by atoms with Crippen molar-refractivity contribution in [2.75, 3.05) is 6.61 Å². The molecule has 114 valence electrons. The molecule has 0 aromatic heterocycles. The molecule has 2 rings (SSSR count). The lowest BCUT2D eigenvalue weighted by atomic mass is 10.2. The smallest absolute Gasteiger partial charge is 0.346 e. The Morgan fingerprint density at radius 1 is 1.32 bits per heavy atom.